The third-order valence-corrected chi connectivity index (χ3v) is 4.94. The molecular formula is C14H26N2O3. The van der Waals surface area contributed by atoms with Crippen molar-refractivity contribution in [2.24, 2.45) is 5.41 Å². The van der Waals surface area contributed by atoms with Crippen molar-refractivity contribution >= 4 is 5.91 Å². The third-order valence-electron chi connectivity index (χ3n) is 4.94. The molecule has 1 saturated heterocycles. The van der Waals surface area contributed by atoms with Crippen molar-refractivity contribution < 1.29 is 14.3 Å². The van der Waals surface area contributed by atoms with Gasteiger partial charge in [-0.3, -0.25) is 4.79 Å². The number of methoxy groups -OCH3 is 1. The molecule has 1 aliphatic carbocycles. The second kappa shape index (κ2) is 6.20. The molecule has 0 aromatic carbocycles. The van der Waals surface area contributed by atoms with Crippen molar-refractivity contribution in [2.45, 2.75) is 51.3 Å². The predicted molar refractivity (Wildman–Crippen MR) is 73.0 cm³/mol. The van der Waals surface area contributed by atoms with Gasteiger partial charge < -0.3 is 20.1 Å². The number of ether oxygens (including phenoxy) is 2. The molecule has 110 valence electrons. The highest BCUT2D eigenvalue weighted by Gasteiger charge is 2.53. The molecule has 5 heteroatoms. The number of carbonyl (C=O) groups is 1. The van der Waals surface area contributed by atoms with Crippen LogP contribution in [-0.4, -0.2) is 51.0 Å². The van der Waals surface area contributed by atoms with E-state index >= 15 is 0 Å². The Labute approximate surface area is 115 Å². The highest BCUT2D eigenvalue weighted by atomic mass is 16.5. The molecule has 1 saturated carbocycles. The second-order valence-electron chi connectivity index (χ2n) is 5.54. The van der Waals surface area contributed by atoms with Gasteiger partial charge >= 0.3 is 0 Å². The molecule has 0 unspecified atom stereocenters. The molecule has 2 N–H and O–H groups in total. The van der Waals surface area contributed by atoms with Gasteiger partial charge in [-0.1, -0.05) is 13.8 Å². The number of carbonyl (C=O) groups excluding carboxylic acids is 1. The first-order valence-electron chi connectivity index (χ1n) is 7.32. The first-order chi connectivity index (χ1) is 9.17. The van der Waals surface area contributed by atoms with Crippen molar-refractivity contribution in [3.8, 4) is 0 Å². The lowest BCUT2D eigenvalue weighted by Gasteiger charge is -2.55. The van der Waals surface area contributed by atoms with Crippen LogP contribution in [0, 0.1) is 5.41 Å². The van der Waals surface area contributed by atoms with Crippen LogP contribution in [0.4, 0.5) is 0 Å². The molecule has 1 heterocycles. The Morgan fingerprint density at radius 3 is 2.74 bits per heavy atom. The maximum Gasteiger partial charge on any atom is 0.239 e. The maximum atomic E-state index is 12.2. The summed E-state index contributed by atoms with van der Waals surface area (Å²) >= 11 is 0. The summed E-state index contributed by atoms with van der Waals surface area (Å²) < 4.78 is 10.9. The van der Waals surface area contributed by atoms with E-state index in [1.54, 1.807) is 7.11 Å². The van der Waals surface area contributed by atoms with Gasteiger partial charge in [0.15, 0.2) is 0 Å². The Kier molecular flexibility index (Phi) is 4.81. The topological polar surface area (TPSA) is 59.6 Å². The molecule has 19 heavy (non-hydrogen) atoms. The monoisotopic (exact) mass is 270 g/mol. The minimum Gasteiger partial charge on any atom is -0.381 e. The Balaban J connectivity index is 1.93. The third kappa shape index (κ3) is 2.64. The summed E-state index contributed by atoms with van der Waals surface area (Å²) in [6, 6.07) is 0.0189. The van der Waals surface area contributed by atoms with Gasteiger partial charge in [0.05, 0.1) is 19.3 Å². The van der Waals surface area contributed by atoms with Gasteiger partial charge in [0, 0.05) is 25.1 Å². The van der Waals surface area contributed by atoms with Crippen molar-refractivity contribution in [2.75, 3.05) is 26.9 Å². The zero-order valence-electron chi connectivity index (χ0n) is 12.2. The molecular weight excluding hydrogens is 244 g/mol. The average molecular weight is 270 g/mol. The van der Waals surface area contributed by atoms with E-state index in [4.69, 9.17) is 9.47 Å². The Hall–Kier alpha value is -0.650. The van der Waals surface area contributed by atoms with Crippen molar-refractivity contribution in [3.63, 3.8) is 0 Å². The Bertz CT molecular complexity index is 312. The zero-order valence-corrected chi connectivity index (χ0v) is 12.2. The maximum absolute atomic E-state index is 12.2. The van der Waals surface area contributed by atoms with Gasteiger partial charge in [-0.2, -0.15) is 0 Å². The van der Waals surface area contributed by atoms with E-state index in [9.17, 15) is 4.79 Å². The van der Waals surface area contributed by atoms with Gasteiger partial charge in [0.2, 0.25) is 5.91 Å². The Morgan fingerprint density at radius 1 is 1.47 bits per heavy atom. The van der Waals surface area contributed by atoms with Crippen LogP contribution < -0.4 is 10.6 Å². The molecule has 0 aromatic rings. The van der Waals surface area contributed by atoms with Gasteiger partial charge in [0.25, 0.3) is 0 Å². The van der Waals surface area contributed by atoms with Crippen LogP contribution in [0.15, 0.2) is 0 Å². The quantitative estimate of drug-likeness (QED) is 0.771. The van der Waals surface area contributed by atoms with Crippen molar-refractivity contribution in [3.05, 3.63) is 0 Å². The summed E-state index contributed by atoms with van der Waals surface area (Å²) in [6.07, 6.45) is 3.24. The van der Waals surface area contributed by atoms with Crippen LogP contribution >= 0.6 is 0 Å². The molecule has 1 aliphatic heterocycles. The van der Waals surface area contributed by atoms with Gasteiger partial charge in [-0.15, -0.1) is 0 Å². The van der Waals surface area contributed by atoms with Crippen molar-refractivity contribution in [1.82, 2.24) is 10.6 Å². The van der Waals surface area contributed by atoms with Crippen LogP contribution in [0.1, 0.15) is 33.1 Å². The molecule has 0 radical (unpaired) electrons. The molecule has 1 amide bonds. The number of nitrogens with one attached hydrogen (secondary N) is 2. The first kappa shape index (κ1) is 14.8. The van der Waals surface area contributed by atoms with Crippen LogP contribution in [0.5, 0.6) is 0 Å². The number of rotatable bonds is 5. The lowest BCUT2D eigenvalue weighted by atomic mass is 9.58. The summed E-state index contributed by atoms with van der Waals surface area (Å²) in [5.74, 6) is 0.0607. The summed E-state index contributed by atoms with van der Waals surface area (Å²) in [6.45, 7) is 6.26. The van der Waals surface area contributed by atoms with E-state index in [0.29, 0.717) is 13.2 Å². The number of hydrogen-bond donors (Lipinski definition) is 2. The molecule has 0 bridgehead atoms. The number of morpholine rings is 1. The molecule has 0 spiro atoms. The fourth-order valence-corrected chi connectivity index (χ4v) is 3.49. The molecule has 2 aliphatic rings. The minimum absolute atomic E-state index is 0.0607. The highest BCUT2D eigenvalue weighted by molar-refractivity contribution is 5.82. The SMILES string of the molecule is CCC1(CC)[C@@H](OC)C[C@H]1NC(=O)[C@H]1COCCN1. The van der Waals surface area contributed by atoms with E-state index in [-0.39, 0.29) is 29.5 Å². The zero-order chi connectivity index (χ0) is 13.9. The van der Waals surface area contributed by atoms with Crippen molar-refractivity contribution in [1.29, 1.82) is 0 Å². The average Bonchev–Trinajstić information content (AvgIpc) is 2.45. The summed E-state index contributed by atoms with van der Waals surface area (Å²) in [7, 11) is 1.76. The minimum atomic E-state index is -0.207. The highest BCUT2D eigenvalue weighted by Crippen LogP contribution is 2.48. The van der Waals surface area contributed by atoms with E-state index in [1.807, 2.05) is 0 Å². The van der Waals surface area contributed by atoms with Gasteiger partial charge in [-0.05, 0) is 19.3 Å². The fourth-order valence-electron chi connectivity index (χ4n) is 3.49. The largest absolute Gasteiger partial charge is 0.381 e. The van der Waals surface area contributed by atoms with Crippen LogP contribution in [0.3, 0.4) is 0 Å². The van der Waals surface area contributed by atoms with E-state index < -0.39 is 0 Å². The van der Waals surface area contributed by atoms with Crippen LogP contribution in [0.25, 0.3) is 0 Å². The molecule has 3 atom stereocenters. The number of amides is 1. The summed E-state index contributed by atoms with van der Waals surface area (Å²) in [5, 5.41) is 6.37. The van der Waals surface area contributed by atoms with E-state index in [0.717, 1.165) is 25.8 Å². The summed E-state index contributed by atoms with van der Waals surface area (Å²) in [4.78, 5) is 12.2. The lowest BCUT2D eigenvalue weighted by Crippen LogP contribution is -2.66. The van der Waals surface area contributed by atoms with E-state index in [2.05, 4.69) is 24.5 Å². The van der Waals surface area contributed by atoms with Gasteiger partial charge in [-0.25, -0.2) is 0 Å². The predicted octanol–water partition coefficient (Wildman–Crippen LogP) is 0.685. The van der Waals surface area contributed by atoms with E-state index in [1.165, 1.54) is 0 Å². The normalized spacial score (nSPS) is 33.5. The summed E-state index contributed by atoms with van der Waals surface area (Å²) in [5.41, 5.74) is 0.0972. The molecule has 2 rings (SSSR count). The molecule has 0 aromatic heterocycles. The van der Waals surface area contributed by atoms with Crippen LogP contribution in [-0.2, 0) is 14.3 Å². The fraction of sp³-hybridized carbons (Fsp3) is 0.929. The Morgan fingerprint density at radius 2 is 2.21 bits per heavy atom. The van der Waals surface area contributed by atoms with Crippen LogP contribution in [0.2, 0.25) is 0 Å². The van der Waals surface area contributed by atoms with Gasteiger partial charge in [0.1, 0.15) is 6.04 Å². The second-order valence-corrected chi connectivity index (χ2v) is 5.54. The number of hydrogen-bond acceptors (Lipinski definition) is 4. The lowest BCUT2D eigenvalue weighted by molar-refractivity contribution is -0.144. The standard InChI is InChI=1S/C14H26N2O3/c1-4-14(5-2)11(8-12(14)18-3)16-13(17)10-9-19-7-6-15-10/h10-12,15H,4-9H2,1-3H3,(H,16,17)/t10-,11-,12+/m1/s1. The first-order valence-corrected chi connectivity index (χ1v) is 7.32. The smallest absolute Gasteiger partial charge is 0.239 e. The molecule has 5 nitrogen and oxygen atoms in total. The molecule has 2 fully saturated rings.